The minimum absolute atomic E-state index is 0.0200. The molecule has 0 atom stereocenters. The van der Waals surface area contributed by atoms with Crippen LogP contribution in [0.2, 0.25) is 0 Å². The third-order valence-corrected chi connectivity index (χ3v) is 3.97. The quantitative estimate of drug-likeness (QED) is 0.774. The number of imide groups is 1. The first-order valence-corrected chi connectivity index (χ1v) is 8.21. The van der Waals surface area contributed by atoms with Gasteiger partial charge in [0.1, 0.15) is 0 Å². The normalized spacial score (nSPS) is 16.5. The van der Waals surface area contributed by atoms with Gasteiger partial charge in [0.2, 0.25) is 5.91 Å². The molecule has 0 aromatic heterocycles. The molecule has 0 spiro atoms. The monoisotopic (exact) mass is 345 g/mol. The van der Waals surface area contributed by atoms with Gasteiger partial charge in [-0.3, -0.25) is 14.9 Å². The third-order valence-electron chi connectivity index (χ3n) is 3.97. The van der Waals surface area contributed by atoms with E-state index in [4.69, 9.17) is 4.74 Å². The molecule has 1 aromatic carbocycles. The van der Waals surface area contributed by atoms with Crippen molar-refractivity contribution in [1.29, 1.82) is 0 Å². The summed E-state index contributed by atoms with van der Waals surface area (Å²) in [6, 6.07) is 6.05. The molecule has 132 valence electrons. The maximum Gasteiger partial charge on any atom is 0.338 e. The lowest BCUT2D eigenvalue weighted by Crippen LogP contribution is -2.42. The highest BCUT2D eigenvalue weighted by atomic mass is 16.5. The second kappa shape index (κ2) is 7.33. The van der Waals surface area contributed by atoms with Crippen molar-refractivity contribution in [3.63, 3.8) is 0 Å². The van der Waals surface area contributed by atoms with Gasteiger partial charge in [-0.25, -0.2) is 9.59 Å². The van der Waals surface area contributed by atoms with E-state index in [-0.39, 0.29) is 17.5 Å². The minimum atomic E-state index is -0.697. The summed E-state index contributed by atoms with van der Waals surface area (Å²) in [5, 5.41) is 4.70. The fraction of sp³-hybridized carbons (Fsp3) is 0.412. The molecule has 0 unspecified atom stereocenters. The summed E-state index contributed by atoms with van der Waals surface area (Å²) in [4.78, 5) is 48.5. The van der Waals surface area contributed by atoms with Gasteiger partial charge in [-0.2, -0.15) is 0 Å². The maximum absolute atomic E-state index is 12.1. The molecule has 2 fully saturated rings. The average molecular weight is 345 g/mol. The Morgan fingerprint density at radius 2 is 2.04 bits per heavy atom. The first-order valence-electron chi connectivity index (χ1n) is 8.21. The molecule has 8 nitrogen and oxygen atoms in total. The van der Waals surface area contributed by atoms with E-state index in [1.54, 1.807) is 29.2 Å². The molecule has 8 heteroatoms. The van der Waals surface area contributed by atoms with Crippen molar-refractivity contribution in [2.24, 2.45) is 0 Å². The number of urea groups is 1. The average Bonchev–Trinajstić information content (AvgIpc) is 3.30. The standard InChI is InChI=1S/C17H19N3O5/c21-14(19-17(24)18-12-6-7-12)10-25-16(23)11-3-1-4-13(9-11)20-8-2-5-15(20)22/h1,3-4,9,12H,2,5-8,10H2,(H2,18,19,21,24). The predicted molar refractivity (Wildman–Crippen MR) is 88.0 cm³/mol. The van der Waals surface area contributed by atoms with E-state index in [2.05, 4.69) is 10.6 Å². The number of amides is 4. The van der Waals surface area contributed by atoms with Crippen molar-refractivity contribution in [1.82, 2.24) is 10.6 Å². The van der Waals surface area contributed by atoms with Crippen LogP contribution in [0, 0.1) is 0 Å². The lowest BCUT2D eigenvalue weighted by Gasteiger charge is -2.16. The molecule has 1 aliphatic heterocycles. The maximum atomic E-state index is 12.1. The number of hydrogen-bond donors (Lipinski definition) is 2. The predicted octanol–water partition coefficient (Wildman–Crippen LogP) is 0.958. The number of hydrogen-bond acceptors (Lipinski definition) is 5. The fourth-order valence-electron chi connectivity index (χ4n) is 2.55. The fourth-order valence-corrected chi connectivity index (χ4v) is 2.55. The Labute approximate surface area is 144 Å². The van der Waals surface area contributed by atoms with Crippen LogP contribution in [0.25, 0.3) is 0 Å². The van der Waals surface area contributed by atoms with Gasteiger partial charge in [0.15, 0.2) is 6.61 Å². The molecule has 4 amide bonds. The molecule has 2 N–H and O–H groups in total. The highest BCUT2D eigenvalue weighted by Gasteiger charge is 2.24. The number of esters is 1. The van der Waals surface area contributed by atoms with Crippen LogP contribution in [0.3, 0.4) is 0 Å². The molecule has 1 aliphatic carbocycles. The van der Waals surface area contributed by atoms with Gasteiger partial charge in [-0.05, 0) is 37.5 Å². The Morgan fingerprint density at radius 3 is 2.72 bits per heavy atom. The summed E-state index contributed by atoms with van der Waals surface area (Å²) in [6.45, 7) is 0.0691. The van der Waals surface area contributed by atoms with Gasteiger partial charge < -0.3 is 15.0 Å². The van der Waals surface area contributed by atoms with E-state index in [0.29, 0.717) is 18.7 Å². The lowest BCUT2D eigenvalue weighted by atomic mass is 10.2. The van der Waals surface area contributed by atoms with Crippen molar-refractivity contribution < 1.29 is 23.9 Å². The Bertz CT molecular complexity index is 714. The molecular formula is C17H19N3O5. The molecule has 25 heavy (non-hydrogen) atoms. The third kappa shape index (κ3) is 4.56. The van der Waals surface area contributed by atoms with Gasteiger partial charge >= 0.3 is 12.0 Å². The Morgan fingerprint density at radius 1 is 1.24 bits per heavy atom. The first kappa shape index (κ1) is 16.9. The van der Waals surface area contributed by atoms with E-state index < -0.39 is 24.5 Å². The van der Waals surface area contributed by atoms with Crippen LogP contribution in [0.15, 0.2) is 24.3 Å². The van der Waals surface area contributed by atoms with Crippen LogP contribution in [0.5, 0.6) is 0 Å². The zero-order valence-corrected chi connectivity index (χ0v) is 13.6. The summed E-state index contributed by atoms with van der Waals surface area (Å²) in [5.74, 6) is -1.37. The largest absolute Gasteiger partial charge is 0.452 e. The van der Waals surface area contributed by atoms with E-state index in [1.165, 1.54) is 0 Å². The van der Waals surface area contributed by atoms with Crippen LogP contribution < -0.4 is 15.5 Å². The van der Waals surface area contributed by atoms with Crippen LogP contribution >= 0.6 is 0 Å². The van der Waals surface area contributed by atoms with Crippen LogP contribution in [-0.2, 0) is 14.3 Å². The Balaban J connectivity index is 1.51. The number of anilines is 1. The zero-order valence-electron chi connectivity index (χ0n) is 13.6. The smallest absolute Gasteiger partial charge is 0.338 e. The Hall–Kier alpha value is -2.90. The van der Waals surface area contributed by atoms with E-state index in [9.17, 15) is 19.2 Å². The number of rotatable bonds is 5. The molecular weight excluding hydrogens is 326 g/mol. The topological polar surface area (TPSA) is 105 Å². The van der Waals surface area contributed by atoms with Gasteiger partial charge in [0.05, 0.1) is 5.56 Å². The number of benzene rings is 1. The summed E-state index contributed by atoms with van der Waals surface area (Å²) < 4.78 is 4.92. The van der Waals surface area contributed by atoms with E-state index in [0.717, 1.165) is 19.3 Å². The summed E-state index contributed by atoms with van der Waals surface area (Å²) >= 11 is 0. The van der Waals surface area contributed by atoms with Gasteiger partial charge in [-0.15, -0.1) is 0 Å². The molecule has 1 aromatic rings. The zero-order chi connectivity index (χ0) is 17.8. The van der Waals surface area contributed by atoms with Crippen molar-refractivity contribution in [3.8, 4) is 0 Å². The molecule has 0 bridgehead atoms. The summed E-state index contributed by atoms with van der Waals surface area (Å²) in [7, 11) is 0. The van der Waals surface area contributed by atoms with Crippen molar-refractivity contribution >= 4 is 29.5 Å². The molecule has 1 saturated heterocycles. The highest BCUT2D eigenvalue weighted by Crippen LogP contribution is 2.22. The molecule has 2 aliphatic rings. The SMILES string of the molecule is O=C(COC(=O)c1cccc(N2CCCC2=O)c1)NC(=O)NC1CC1. The minimum Gasteiger partial charge on any atom is -0.452 e. The van der Waals surface area contributed by atoms with Crippen molar-refractivity contribution in [2.45, 2.75) is 31.7 Å². The molecule has 0 radical (unpaired) electrons. The second-order valence-electron chi connectivity index (χ2n) is 6.07. The van der Waals surface area contributed by atoms with Gasteiger partial charge in [-0.1, -0.05) is 6.07 Å². The highest BCUT2D eigenvalue weighted by molar-refractivity contribution is 5.99. The lowest BCUT2D eigenvalue weighted by molar-refractivity contribution is -0.123. The summed E-state index contributed by atoms with van der Waals surface area (Å²) in [6.07, 6.45) is 3.10. The molecule has 1 heterocycles. The molecule has 1 saturated carbocycles. The number of nitrogens with zero attached hydrogens (tertiary/aromatic N) is 1. The van der Waals surface area contributed by atoms with E-state index in [1.807, 2.05) is 0 Å². The number of carbonyl (C=O) groups is 4. The van der Waals surface area contributed by atoms with Crippen LogP contribution in [0.4, 0.5) is 10.5 Å². The van der Waals surface area contributed by atoms with E-state index >= 15 is 0 Å². The summed E-state index contributed by atoms with van der Waals surface area (Å²) in [5.41, 5.74) is 0.873. The number of ether oxygens (including phenoxy) is 1. The Kier molecular flexibility index (Phi) is 4.97. The number of carbonyl (C=O) groups excluding carboxylic acids is 4. The van der Waals surface area contributed by atoms with Gasteiger partial charge in [0, 0.05) is 24.7 Å². The second-order valence-corrected chi connectivity index (χ2v) is 6.07. The van der Waals surface area contributed by atoms with Crippen molar-refractivity contribution in [3.05, 3.63) is 29.8 Å². The van der Waals surface area contributed by atoms with Gasteiger partial charge in [0.25, 0.3) is 5.91 Å². The van der Waals surface area contributed by atoms with Crippen LogP contribution in [-0.4, -0.2) is 43.0 Å². The first-order chi connectivity index (χ1) is 12.0. The van der Waals surface area contributed by atoms with Crippen molar-refractivity contribution in [2.75, 3.05) is 18.1 Å². The molecule has 3 rings (SSSR count). The van der Waals surface area contributed by atoms with Crippen LogP contribution in [0.1, 0.15) is 36.0 Å². The number of nitrogens with one attached hydrogen (secondary N) is 2.